The molecule has 0 unspecified atom stereocenters. The minimum absolute atomic E-state index is 0.237. The number of piperazine rings is 1. The topological polar surface area (TPSA) is 46.4 Å². The molecule has 1 aliphatic rings. The first-order valence-electron chi connectivity index (χ1n) is 9.71. The standard InChI is InChI=1S/C22H28N2O3S/c1-17-3-5-18(6-4-17)16-27-20-8-7-19(15-21(20)26-2)22(28)24-11-9-23(10-12-24)13-14-25/h3-8,15,25H,9-14,16H2,1-2H3/p+1. The summed E-state index contributed by atoms with van der Waals surface area (Å²) in [7, 11) is 1.65. The predicted octanol–water partition coefficient (Wildman–Crippen LogP) is 1.45. The zero-order valence-electron chi connectivity index (χ0n) is 16.6. The lowest BCUT2D eigenvalue weighted by Crippen LogP contribution is -3.15. The van der Waals surface area contributed by atoms with Crippen molar-refractivity contribution in [3.05, 3.63) is 59.2 Å². The van der Waals surface area contributed by atoms with Crippen LogP contribution in [0, 0.1) is 6.92 Å². The molecule has 2 aromatic carbocycles. The maximum atomic E-state index is 9.10. The van der Waals surface area contributed by atoms with E-state index in [9.17, 15) is 0 Å². The summed E-state index contributed by atoms with van der Waals surface area (Å²) in [4.78, 5) is 4.50. The van der Waals surface area contributed by atoms with Crippen molar-refractivity contribution in [2.45, 2.75) is 13.5 Å². The normalized spacial score (nSPS) is 14.8. The molecule has 0 spiro atoms. The number of aryl methyl sites for hydroxylation is 1. The number of aliphatic hydroxyl groups excluding tert-OH is 1. The average molecular weight is 402 g/mol. The molecule has 1 heterocycles. The molecule has 1 saturated heterocycles. The summed E-state index contributed by atoms with van der Waals surface area (Å²) in [5.74, 6) is 1.41. The quantitative estimate of drug-likeness (QED) is 0.688. The second kappa shape index (κ2) is 9.87. The van der Waals surface area contributed by atoms with Gasteiger partial charge in [-0.2, -0.15) is 0 Å². The molecule has 2 aromatic rings. The van der Waals surface area contributed by atoms with E-state index >= 15 is 0 Å². The smallest absolute Gasteiger partial charge is 0.161 e. The summed E-state index contributed by atoms with van der Waals surface area (Å²) >= 11 is 5.72. The molecule has 0 saturated carbocycles. The van der Waals surface area contributed by atoms with E-state index in [1.54, 1.807) is 7.11 Å². The van der Waals surface area contributed by atoms with Crippen LogP contribution in [-0.2, 0) is 6.61 Å². The monoisotopic (exact) mass is 401 g/mol. The molecular weight excluding hydrogens is 372 g/mol. The SMILES string of the molecule is COc1cc(C(=S)N2CC[NH+](CCO)CC2)ccc1OCc1ccc(C)cc1. The highest BCUT2D eigenvalue weighted by Gasteiger charge is 2.22. The van der Waals surface area contributed by atoms with Crippen molar-refractivity contribution in [3.8, 4) is 11.5 Å². The molecular formula is C22H29N2O3S+. The Balaban J connectivity index is 1.63. The molecule has 150 valence electrons. The summed E-state index contributed by atoms with van der Waals surface area (Å²) in [5, 5.41) is 9.10. The van der Waals surface area contributed by atoms with Crippen LogP contribution in [0.3, 0.4) is 0 Å². The van der Waals surface area contributed by atoms with Gasteiger partial charge in [0.2, 0.25) is 0 Å². The molecule has 1 aliphatic heterocycles. The van der Waals surface area contributed by atoms with Crippen molar-refractivity contribution in [2.24, 2.45) is 0 Å². The molecule has 28 heavy (non-hydrogen) atoms. The third-order valence-corrected chi connectivity index (χ3v) is 5.64. The highest BCUT2D eigenvalue weighted by molar-refractivity contribution is 7.80. The van der Waals surface area contributed by atoms with E-state index < -0.39 is 0 Å². The van der Waals surface area contributed by atoms with Crippen LogP contribution in [0.25, 0.3) is 0 Å². The molecule has 2 N–H and O–H groups in total. The van der Waals surface area contributed by atoms with Gasteiger partial charge in [-0.05, 0) is 30.7 Å². The van der Waals surface area contributed by atoms with Gasteiger partial charge in [-0.15, -0.1) is 0 Å². The molecule has 0 atom stereocenters. The van der Waals surface area contributed by atoms with E-state index in [0.29, 0.717) is 18.1 Å². The number of hydrogen-bond donors (Lipinski definition) is 2. The second-order valence-electron chi connectivity index (χ2n) is 7.16. The molecule has 0 bridgehead atoms. The predicted molar refractivity (Wildman–Crippen MR) is 114 cm³/mol. The third-order valence-electron chi connectivity index (χ3n) is 5.15. The fourth-order valence-corrected chi connectivity index (χ4v) is 3.69. The Labute approximate surface area is 172 Å². The van der Waals surface area contributed by atoms with Crippen LogP contribution in [0.2, 0.25) is 0 Å². The van der Waals surface area contributed by atoms with Crippen molar-refractivity contribution in [3.63, 3.8) is 0 Å². The van der Waals surface area contributed by atoms with Crippen LogP contribution in [0.4, 0.5) is 0 Å². The van der Waals surface area contributed by atoms with E-state index in [1.807, 2.05) is 18.2 Å². The van der Waals surface area contributed by atoms with Gasteiger partial charge in [-0.3, -0.25) is 0 Å². The van der Waals surface area contributed by atoms with Gasteiger partial charge in [-0.1, -0.05) is 42.0 Å². The number of methoxy groups -OCH3 is 1. The molecule has 0 aliphatic carbocycles. The van der Waals surface area contributed by atoms with Gasteiger partial charge in [0.15, 0.2) is 11.5 Å². The number of aliphatic hydroxyl groups is 1. The van der Waals surface area contributed by atoms with Gasteiger partial charge >= 0.3 is 0 Å². The van der Waals surface area contributed by atoms with E-state index in [4.69, 9.17) is 26.8 Å². The largest absolute Gasteiger partial charge is 0.493 e. The molecule has 1 fully saturated rings. The Bertz CT molecular complexity index is 787. The Hall–Kier alpha value is -2.15. The molecule has 0 amide bonds. The maximum absolute atomic E-state index is 9.10. The zero-order valence-corrected chi connectivity index (χ0v) is 17.4. The maximum Gasteiger partial charge on any atom is 0.161 e. The molecule has 0 radical (unpaired) electrons. The Morgan fingerprint density at radius 3 is 2.46 bits per heavy atom. The van der Waals surface area contributed by atoms with Crippen LogP contribution in [0.1, 0.15) is 16.7 Å². The first kappa shape index (κ1) is 20.6. The number of rotatable bonds is 7. The first-order valence-corrected chi connectivity index (χ1v) is 10.1. The molecule has 6 heteroatoms. The average Bonchev–Trinajstić information content (AvgIpc) is 2.73. The van der Waals surface area contributed by atoms with Gasteiger partial charge in [0.1, 0.15) is 18.1 Å². The minimum Gasteiger partial charge on any atom is -0.493 e. The second-order valence-corrected chi connectivity index (χ2v) is 7.54. The summed E-state index contributed by atoms with van der Waals surface area (Å²) < 4.78 is 11.5. The van der Waals surface area contributed by atoms with Gasteiger partial charge < -0.3 is 24.4 Å². The summed E-state index contributed by atoms with van der Waals surface area (Å²) in [6.07, 6.45) is 0. The summed E-state index contributed by atoms with van der Waals surface area (Å²) in [5.41, 5.74) is 3.33. The number of quaternary nitrogens is 1. The zero-order chi connectivity index (χ0) is 19.9. The fourth-order valence-electron chi connectivity index (χ4n) is 3.38. The van der Waals surface area contributed by atoms with Crippen molar-refractivity contribution >= 4 is 17.2 Å². The van der Waals surface area contributed by atoms with Crippen molar-refractivity contribution < 1.29 is 19.5 Å². The van der Waals surface area contributed by atoms with E-state index in [1.165, 1.54) is 10.5 Å². The highest BCUT2D eigenvalue weighted by atomic mass is 32.1. The Kier molecular flexibility index (Phi) is 7.25. The van der Waals surface area contributed by atoms with E-state index in [2.05, 4.69) is 36.1 Å². The van der Waals surface area contributed by atoms with Crippen LogP contribution in [0.15, 0.2) is 42.5 Å². The summed E-state index contributed by atoms with van der Waals surface area (Å²) in [6, 6.07) is 14.2. The van der Waals surface area contributed by atoms with Crippen LogP contribution in [0.5, 0.6) is 11.5 Å². The van der Waals surface area contributed by atoms with Crippen LogP contribution in [-0.4, -0.2) is 61.4 Å². The van der Waals surface area contributed by atoms with Crippen molar-refractivity contribution in [2.75, 3.05) is 46.4 Å². The van der Waals surface area contributed by atoms with Crippen LogP contribution >= 0.6 is 12.2 Å². The number of benzene rings is 2. The van der Waals surface area contributed by atoms with Gasteiger partial charge in [-0.25, -0.2) is 0 Å². The van der Waals surface area contributed by atoms with Crippen molar-refractivity contribution in [1.82, 2.24) is 4.90 Å². The Morgan fingerprint density at radius 1 is 1.11 bits per heavy atom. The number of thiocarbonyl (C=S) groups is 1. The molecule has 0 aromatic heterocycles. The molecule has 3 rings (SSSR count). The number of nitrogens with zero attached hydrogens (tertiary/aromatic N) is 1. The van der Waals surface area contributed by atoms with Gasteiger partial charge in [0.25, 0.3) is 0 Å². The minimum atomic E-state index is 0.237. The highest BCUT2D eigenvalue weighted by Crippen LogP contribution is 2.29. The van der Waals surface area contributed by atoms with E-state index in [0.717, 1.165) is 48.8 Å². The van der Waals surface area contributed by atoms with Gasteiger partial charge in [0, 0.05) is 5.56 Å². The third kappa shape index (κ3) is 5.22. The molecule has 5 nitrogen and oxygen atoms in total. The summed E-state index contributed by atoms with van der Waals surface area (Å²) in [6.45, 7) is 7.41. The lowest BCUT2D eigenvalue weighted by atomic mass is 10.1. The van der Waals surface area contributed by atoms with Crippen LogP contribution < -0.4 is 14.4 Å². The van der Waals surface area contributed by atoms with Crippen molar-refractivity contribution in [1.29, 1.82) is 0 Å². The number of nitrogens with one attached hydrogen (secondary N) is 1. The first-order chi connectivity index (χ1) is 13.6. The number of hydrogen-bond acceptors (Lipinski definition) is 4. The lowest BCUT2D eigenvalue weighted by Gasteiger charge is -2.33. The number of ether oxygens (including phenoxy) is 2. The lowest BCUT2D eigenvalue weighted by molar-refractivity contribution is -0.904. The fraction of sp³-hybridized carbons (Fsp3) is 0.409. The van der Waals surface area contributed by atoms with Gasteiger partial charge in [0.05, 0.1) is 39.9 Å². The van der Waals surface area contributed by atoms with E-state index in [-0.39, 0.29) is 6.61 Å². The Morgan fingerprint density at radius 2 is 1.82 bits per heavy atom.